The van der Waals surface area contributed by atoms with E-state index in [1.54, 1.807) is 0 Å². The van der Waals surface area contributed by atoms with Gasteiger partial charge in [0.1, 0.15) is 15.0 Å². The first-order valence-corrected chi connectivity index (χ1v) is 16.7. The molecule has 12 nitrogen and oxygen atoms in total. The fourth-order valence-corrected chi connectivity index (χ4v) is 6.89. The Morgan fingerprint density at radius 3 is 2.00 bits per heavy atom. The largest absolute Gasteiger partial charge is 1.00 e. The van der Waals surface area contributed by atoms with Gasteiger partial charge in [0, 0.05) is 22.1 Å². The second-order valence-corrected chi connectivity index (χ2v) is 13.8. The zero-order chi connectivity index (χ0) is 31.5. The molecular weight excluding hydrogens is 768 g/mol. The van der Waals surface area contributed by atoms with Crippen molar-refractivity contribution in [3.05, 3.63) is 69.3 Å². The zero-order valence-electron chi connectivity index (χ0n) is 24.0. The summed E-state index contributed by atoms with van der Waals surface area (Å²) in [5.74, 6) is -2.21. The maximum absolute atomic E-state index is 13.7. The molecule has 0 heterocycles. The van der Waals surface area contributed by atoms with Gasteiger partial charge >= 0.3 is 59.1 Å². The van der Waals surface area contributed by atoms with E-state index in [-0.39, 0.29) is 115 Å². The fourth-order valence-electron chi connectivity index (χ4n) is 4.91. The van der Waals surface area contributed by atoms with Crippen LogP contribution in [-0.4, -0.2) is 53.6 Å². The average Bonchev–Trinajstić information content (AvgIpc) is 2.90. The van der Waals surface area contributed by atoms with Crippen molar-refractivity contribution in [1.82, 2.24) is 0 Å². The van der Waals surface area contributed by atoms with Crippen molar-refractivity contribution in [3.63, 3.8) is 0 Å². The number of fused-ring (bicyclic) bond motifs is 2. The summed E-state index contributed by atoms with van der Waals surface area (Å²) in [6.45, 7) is 4.12. The quantitative estimate of drug-likeness (QED) is 0.0441. The molecule has 0 spiro atoms. The first-order valence-electron chi connectivity index (χ1n) is 11.9. The van der Waals surface area contributed by atoms with Crippen molar-refractivity contribution >= 4 is 92.3 Å². The predicted molar refractivity (Wildman–Crippen MR) is 159 cm³/mol. The number of nitrogens with two attached hydrogens (primary N) is 1. The van der Waals surface area contributed by atoms with Gasteiger partial charge in [-0.1, -0.05) is 56.1 Å². The van der Waals surface area contributed by atoms with Crippen LogP contribution in [0.1, 0.15) is 48.5 Å². The Bertz CT molecular complexity index is 1970. The number of carbonyl (C=O) groups is 2. The van der Waals surface area contributed by atoms with Crippen molar-refractivity contribution < 1.29 is 99.8 Å². The van der Waals surface area contributed by atoms with Crippen LogP contribution in [0.5, 0.6) is 0 Å². The molecule has 1 aliphatic rings. The molecule has 0 aliphatic heterocycles. The topological polar surface area (TPSA) is 219 Å². The molecule has 0 fully saturated rings. The molecule has 0 aromatic heterocycles. The number of ketones is 2. The third-order valence-corrected chi connectivity index (χ3v) is 11.0. The molecule has 18 heteroatoms. The van der Waals surface area contributed by atoms with Crippen molar-refractivity contribution in [3.8, 4) is 0 Å². The summed E-state index contributed by atoms with van der Waals surface area (Å²) in [7, 11) is -10.2. The zero-order valence-corrected chi connectivity index (χ0v) is 32.8. The Labute approximate surface area is 314 Å². The van der Waals surface area contributed by atoms with Gasteiger partial charge in [-0.15, -0.1) is 0 Å². The van der Waals surface area contributed by atoms with Crippen LogP contribution >= 0.6 is 31.9 Å². The molecule has 3 aromatic carbocycles. The summed E-state index contributed by atoms with van der Waals surface area (Å²) >= 11 is 6.30. The first kappa shape index (κ1) is 39.0. The van der Waals surface area contributed by atoms with Crippen LogP contribution in [-0.2, 0) is 20.2 Å². The third-order valence-electron chi connectivity index (χ3n) is 6.75. The molecule has 1 aliphatic carbocycles. The minimum Gasteiger partial charge on any atom is -0.861 e. The number of rotatable bonds is 7. The number of alkyl halides is 2. The molecule has 0 amide bonds. The van der Waals surface area contributed by atoms with E-state index in [0.717, 1.165) is 6.07 Å². The monoisotopic (exact) mass is 787 g/mol. The number of nitrogens with one attached hydrogen (secondary N) is 1. The van der Waals surface area contributed by atoms with E-state index < -0.39 is 63.6 Å². The minimum absolute atomic E-state index is 0. The molecule has 0 saturated carbocycles. The molecule has 222 valence electrons. The van der Waals surface area contributed by atoms with Crippen molar-refractivity contribution in [2.45, 2.75) is 35.4 Å². The van der Waals surface area contributed by atoms with E-state index in [0.29, 0.717) is 0 Å². The molecule has 1 atom stereocenters. The van der Waals surface area contributed by atoms with Crippen LogP contribution in [0, 0.1) is 20.8 Å². The van der Waals surface area contributed by atoms with Gasteiger partial charge in [0.15, 0.2) is 11.6 Å². The second kappa shape index (κ2) is 14.3. The van der Waals surface area contributed by atoms with Crippen LogP contribution in [0.15, 0.2) is 45.1 Å². The summed E-state index contributed by atoms with van der Waals surface area (Å²) in [5.41, 5.74) is 3.81. The van der Waals surface area contributed by atoms with Gasteiger partial charge in [-0.3, -0.25) is 19.1 Å². The van der Waals surface area contributed by atoms with Gasteiger partial charge < -0.3 is 20.7 Å². The summed E-state index contributed by atoms with van der Waals surface area (Å²) in [4.78, 5) is 28.8. The molecule has 3 aromatic rings. The van der Waals surface area contributed by atoms with Crippen LogP contribution in [0.2, 0.25) is 0 Å². The van der Waals surface area contributed by atoms with Crippen LogP contribution in [0.3, 0.4) is 0 Å². The number of nitrogens with zero attached hydrogens (tertiary/aromatic N) is 1. The van der Waals surface area contributed by atoms with Crippen molar-refractivity contribution in [1.29, 1.82) is 0 Å². The number of halogens is 2. The number of hydrogen-bond acceptors (Lipinski definition) is 11. The van der Waals surface area contributed by atoms with Gasteiger partial charge in [0.25, 0.3) is 10.1 Å². The van der Waals surface area contributed by atoms with Crippen LogP contribution in [0.4, 0.5) is 22.7 Å². The van der Waals surface area contributed by atoms with Gasteiger partial charge in [-0.05, 0) is 49.4 Å². The Hall–Kier alpha value is -1.15. The minimum atomic E-state index is -5.28. The van der Waals surface area contributed by atoms with Crippen molar-refractivity contribution in [2.75, 3.05) is 16.4 Å². The number of aliphatic imine (C=N–C) groups is 1. The number of benzene rings is 3. The molecule has 0 bridgehead atoms. The van der Waals surface area contributed by atoms with Gasteiger partial charge in [-0.25, -0.2) is 8.42 Å². The average molecular weight is 789 g/mol. The van der Waals surface area contributed by atoms with E-state index in [1.807, 2.05) is 0 Å². The number of anilines is 3. The SMILES string of the molecule is Cc1c(N=C([O-])C(Br)CBr)c(C)c(S(=O)(=O)O)c(C)c1Nc1cc(S(=O)(=O)[O-])c(N)c2c1C(=O)c1ccccc1C2=O.[Na+].[Na+]. The Morgan fingerprint density at radius 1 is 1.00 bits per heavy atom. The first-order chi connectivity index (χ1) is 19.4. The summed E-state index contributed by atoms with van der Waals surface area (Å²) in [6.07, 6.45) is 0. The number of hydrogen-bond donors (Lipinski definition) is 3. The fraction of sp³-hybridized carbons (Fsp3) is 0.192. The molecule has 4 N–H and O–H groups in total. The molecular formula is C26H21Br2N3Na2O9S2. The van der Waals surface area contributed by atoms with E-state index in [9.17, 15) is 40.6 Å². The van der Waals surface area contributed by atoms with E-state index in [1.165, 1.54) is 45.0 Å². The smallest absolute Gasteiger partial charge is 0.861 e. The molecule has 4 rings (SSSR count). The number of nitrogen functional groups attached to an aromatic ring is 1. The second-order valence-electron chi connectivity index (χ2n) is 9.34. The molecule has 0 radical (unpaired) electrons. The van der Waals surface area contributed by atoms with E-state index >= 15 is 0 Å². The Morgan fingerprint density at radius 2 is 1.52 bits per heavy atom. The molecule has 0 saturated heterocycles. The maximum Gasteiger partial charge on any atom is 1.00 e. The summed E-state index contributed by atoms with van der Waals surface area (Å²) in [6, 6.07) is 6.53. The Balaban J connectivity index is 0.00000337. The Kier molecular flexibility index (Phi) is 12.7. The molecule has 1 unspecified atom stereocenters. The molecule has 44 heavy (non-hydrogen) atoms. The van der Waals surface area contributed by atoms with Gasteiger partial charge in [0.2, 0.25) is 0 Å². The summed E-state index contributed by atoms with van der Waals surface area (Å²) < 4.78 is 71.5. The van der Waals surface area contributed by atoms with Gasteiger partial charge in [-0.2, -0.15) is 8.42 Å². The third kappa shape index (κ3) is 7.06. The van der Waals surface area contributed by atoms with Crippen LogP contribution < -0.4 is 75.3 Å². The standard InChI is InChI=1S/C26H23Br2N3O9S2.2Na/c1-10-21(11(2)25(42(38,39)40)12(3)22(10)31-26(34)15(28)9-27)30-16-8-17(41(35,36)37)20(29)19-18(16)23(32)13-6-4-5-7-14(13)24(19)33;;/h4-8,15,30H,9,29H2,1-3H3,(H,31,34)(H,35,36,37)(H,38,39,40);;/q;2*+1/p-2. The van der Waals surface area contributed by atoms with E-state index in [2.05, 4.69) is 42.2 Å². The van der Waals surface area contributed by atoms with E-state index in [4.69, 9.17) is 5.73 Å². The van der Waals surface area contributed by atoms with Gasteiger partial charge in [0.05, 0.1) is 37.9 Å². The normalized spacial score (nSPS) is 13.8. The number of carbonyl (C=O) groups excluding carboxylic acids is 2. The summed E-state index contributed by atoms with van der Waals surface area (Å²) in [5, 5.41) is 15.6. The van der Waals surface area contributed by atoms with Crippen molar-refractivity contribution in [2.24, 2.45) is 4.99 Å². The maximum atomic E-state index is 13.7. The predicted octanol–water partition coefficient (Wildman–Crippen LogP) is -2.58. The van der Waals surface area contributed by atoms with Crippen LogP contribution in [0.25, 0.3) is 0 Å².